The predicted octanol–water partition coefficient (Wildman–Crippen LogP) is 4.43. The van der Waals surface area contributed by atoms with E-state index in [2.05, 4.69) is 5.10 Å². The van der Waals surface area contributed by atoms with E-state index in [0.717, 1.165) is 16.8 Å². The van der Waals surface area contributed by atoms with Gasteiger partial charge in [-0.1, -0.05) is 29.3 Å². The van der Waals surface area contributed by atoms with Crippen LogP contribution in [0.15, 0.2) is 47.6 Å². The monoisotopic (exact) mass is 399 g/mol. The number of halogens is 3. The molecule has 27 heavy (non-hydrogen) atoms. The van der Waals surface area contributed by atoms with Crippen LogP contribution in [0.1, 0.15) is 23.6 Å². The quantitative estimate of drug-likeness (QED) is 0.598. The van der Waals surface area contributed by atoms with Gasteiger partial charge >= 0.3 is 15.5 Å². The lowest BCUT2D eigenvalue weighted by Crippen LogP contribution is -2.30. The molecule has 2 rings (SSSR count). The normalized spacial score (nSPS) is 12.8. The highest BCUT2D eigenvalue weighted by molar-refractivity contribution is 7.93. The van der Waals surface area contributed by atoms with Crippen molar-refractivity contribution in [3.8, 4) is 0 Å². The number of anilines is 2. The number of alkyl halides is 3. The van der Waals surface area contributed by atoms with Gasteiger partial charge in [-0.25, -0.2) is 0 Å². The van der Waals surface area contributed by atoms with Crippen molar-refractivity contribution < 1.29 is 21.6 Å². The summed E-state index contributed by atoms with van der Waals surface area (Å²) in [4.78, 5) is 0. The van der Waals surface area contributed by atoms with E-state index in [4.69, 9.17) is 0 Å². The van der Waals surface area contributed by atoms with Gasteiger partial charge in [0, 0.05) is 12.6 Å². The van der Waals surface area contributed by atoms with Gasteiger partial charge in [0.25, 0.3) is 0 Å². The molecule has 2 aromatic carbocycles. The maximum Gasteiger partial charge on any atom is 0.516 e. The summed E-state index contributed by atoms with van der Waals surface area (Å²) in [6.07, 6.45) is 0. The number of hydrogen-bond acceptors (Lipinski definition) is 4. The van der Waals surface area contributed by atoms with Crippen molar-refractivity contribution in [2.45, 2.75) is 26.3 Å². The molecule has 0 saturated carbocycles. The Morgan fingerprint density at radius 2 is 1.59 bits per heavy atom. The Morgan fingerprint density at radius 3 is 2.15 bits per heavy atom. The standard InChI is InChI=1S/C18H20F3N3O2S/c1-12-5-8-15(9-6-12)24(4)22-14(3)16-11-13(2)7-10-17(16)23-27(25,26)18(19,20)21/h5-11,23H,1-4H3/b22-14+. The molecule has 1 N–H and O–H groups in total. The minimum Gasteiger partial charge on any atom is -0.275 e. The highest BCUT2D eigenvalue weighted by Crippen LogP contribution is 2.28. The van der Waals surface area contributed by atoms with E-state index in [9.17, 15) is 21.6 Å². The molecule has 0 spiro atoms. The highest BCUT2D eigenvalue weighted by Gasteiger charge is 2.46. The SMILES string of the molecule is C/C(=N\N(C)c1ccc(C)cc1)c1cc(C)ccc1NS(=O)(=O)C(F)(F)F. The summed E-state index contributed by atoms with van der Waals surface area (Å²) < 4.78 is 62.7. The van der Waals surface area contributed by atoms with E-state index in [1.807, 2.05) is 31.2 Å². The minimum absolute atomic E-state index is 0.184. The van der Waals surface area contributed by atoms with Crippen LogP contribution in [0.5, 0.6) is 0 Å². The number of hydrogen-bond donors (Lipinski definition) is 1. The molecule has 0 aliphatic carbocycles. The second-order valence-corrected chi connectivity index (χ2v) is 7.82. The fourth-order valence-electron chi connectivity index (χ4n) is 2.35. The minimum atomic E-state index is -5.52. The lowest BCUT2D eigenvalue weighted by atomic mass is 10.1. The summed E-state index contributed by atoms with van der Waals surface area (Å²) in [6, 6.07) is 11.9. The molecule has 146 valence electrons. The average molecular weight is 399 g/mol. The summed E-state index contributed by atoms with van der Waals surface area (Å²) in [7, 11) is -3.83. The molecular formula is C18H20F3N3O2S. The second kappa shape index (κ2) is 7.59. The topological polar surface area (TPSA) is 61.8 Å². The first-order chi connectivity index (χ1) is 12.4. The van der Waals surface area contributed by atoms with Crippen molar-refractivity contribution in [3.63, 3.8) is 0 Å². The number of rotatable bonds is 5. The molecule has 0 aliphatic rings. The molecule has 9 heteroatoms. The molecule has 0 fully saturated rings. The van der Waals surface area contributed by atoms with Crippen LogP contribution in [-0.2, 0) is 10.0 Å². The van der Waals surface area contributed by atoms with Crippen LogP contribution in [0.2, 0.25) is 0 Å². The van der Waals surface area contributed by atoms with E-state index in [-0.39, 0.29) is 11.3 Å². The van der Waals surface area contributed by atoms with Gasteiger partial charge in [-0.15, -0.1) is 0 Å². The number of benzene rings is 2. The molecule has 0 heterocycles. The molecule has 0 aliphatic heterocycles. The van der Waals surface area contributed by atoms with Gasteiger partial charge in [0.05, 0.1) is 17.1 Å². The second-order valence-electron chi connectivity index (χ2n) is 6.14. The Bertz CT molecular complexity index is 953. The third-order valence-electron chi connectivity index (χ3n) is 3.82. The van der Waals surface area contributed by atoms with Crippen LogP contribution < -0.4 is 9.73 Å². The smallest absolute Gasteiger partial charge is 0.275 e. The molecule has 0 saturated heterocycles. The Kier molecular flexibility index (Phi) is 5.84. The zero-order valence-corrected chi connectivity index (χ0v) is 16.1. The zero-order chi connectivity index (χ0) is 20.4. The van der Waals surface area contributed by atoms with E-state index < -0.39 is 15.5 Å². The van der Waals surface area contributed by atoms with Crippen molar-refractivity contribution in [1.82, 2.24) is 0 Å². The molecule has 0 radical (unpaired) electrons. The molecule has 2 aromatic rings. The maximum absolute atomic E-state index is 12.7. The number of nitrogens with one attached hydrogen (secondary N) is 1. The van der Waals surface area contributed by atoms with Crippen LogP contribution in [0.4, 0.5) is 24.5 Å². The van der Waals surface area contributed by atoms with Crippen molar-refractivity contribution in [2.75, 3.05) is 16.8 Å². The van der Waals surface area contributed by atoms with E-state index in [1.54, 1.807) is 36.7 Å². The largest absolute Gasteiger partial charge is 0.516 e. The Morgan fingerprint density at radius 1 is 1.04 bits per heavy atom. The van der Waals surface area contributed by atoms with E-state index in [0.29, 0.717) is 5.71 Å². The molecule has 0 aromatic heterocycles. The van der Waals surface area contributed by atoms with Crippen LogP contribution in [0.25, 0.3) is 0 Å². The average Bonchev–Trinajstić information content (AvgIpc) is 2.55. The predicted molar refractivity (Wildman–Crippen MR) is 102 cm³/mol. The molecular weight excluding hydrogens is 379 g/mol. The van der Waals surface area contributed by atoms with Crippen LogP contribution >= 0.6 is 0 Å². The maximum atomic E-state index is 12.7. The third-order valence-corrected chi connectivity index (χ3v) is 4.92. The fourth-order valence-corrected chi connectivity index (χ4v) is 2.93. The van der Waals surface area contributed by atoms with Crippen molar-refractivity contribution in [1.29, 1.82) is 0 Å². The van der Waals surface area contributed by atoms with Gasteiger partial charge in [-0.2, -0.15) is 26.7 Å². The van der Waals surface area contributed by atoms with Gasteiger partial charge in [0.15, 0.2) is 0 Å². The van der Waals surface area contributed by atoms with Crippen molar-refractivity contribution in [2.24, 2.45) is 5.10 Å². The zero-order valence-electron chi connectivity index (χ0n) is 15.3. The molecule has 0 amide bonds. The molecule has 5 nitrogen and oxygen atoms in total. The number of hydrazone groups is 1. The lowest BCUT2D eigenvalue weighted by Gasteiger charge is -2.18. The number of aryl methyl sites for hydroxylation is 2. The Balaban J connectivity index is 2.42. The molecule has 0 bridgehead atoms. The first kappa shape index (κ1) is 20.8. The van der Waals surface area contributed by atoms with Crippen LogP contribution in [0.3, 0.4) is 0 Å². The summed E-state index contributed by atoms with van der Waals surface area (Å²) in [6.45, 7) is 5.30. The summed E-state index contributed by atoms with van der Waals surface area (Å²) in [5.41, 5.74) is -2.34. The first-order valence-electron chi connectivity index (χ1n) is 7.96. The number of nitrogens with zero attached hydrogens (tertiary/aromatic N) is 2. The van der Waals surface area contributed by atoms with E-state index >= 15 is 0 Å². The Hall–Kier alpha value is -2.55. The van der Waals surface area contributed by atoms with Gasteiger partial charge in [0.1, 0.15) is 0 Å². The van der Waals surface area contributed by atoms with E-state index in [1.165, 1.54) is 12.1 Å². The third kappa shape index (κ3) is 5.00. The summed E-state index contributed by atoms with van der Waals surface area (Å²) in [5.74, 6) is 0. The summed E-state index contributed by atoms with van der Waals surface area (Å²) >= 11 is 0. The van der Waals surface area contributed by atoms with Crippen LogP contribution in [-0.4, -0.2) is 26.7 Å². The molecule has 0 unspecified atom stereocenters. The van der Waals surface area contributed by atoms with Crippen molar-refractivity contribution >= 4 is 27.1 Å². The fraction of sp³-hybridized carbons (Fsp3) is 0.278. The van der Waals surface area contributed by atoms with Crippen LogP contribution in [0, 0.1) is 13.8 Å². The van der Waals surface area contributed by atoms with Crippen molar-refractivity contribution in [3.05, 3.63) is 59.2 Å². The van der Waals surface area contributed by atoms with Gasteiger partial charge in [0.2, 0.25) is 0 Å². The lowest BCUT2D eigenvalue weighted by molar-refractivity contribution is -0.0429. The summed E-state index contributed by atoms with van der Waals surface area (Å²) in [5, 5.41) is 5.94. The molecule has 0 atom stereocenters. The first-order valence-corrected chi connectivity index (χ1v) is 9.45. The number of sulfonamides is 1. The van der Waals surface area contributed by atoms with Gasteiger partial charge in [-0.3, -0.25) is 9.73 Å². The highest BCUT2D eigenvalue weighted by atomic mass is 32.2. The Labute approximate surface area is 156 Å². The van der Waals surface area contributed by atoms with Gasteiger partial charge in [-0.05, 0) is 45.0 Å². The van der Waals surface area contributed by atoms with Gasteiger partial charge < -0.3 is 0 Å².